The van der Waals surface area contributed by atoms with E-state index >= 15 is 0 Å². The zero-order valence-electron chi connectivity index (χ0n) is 16.9. The molecule has 2 aliphatic heterocycles. The van der Waals surface area contributed by atoms with E-state index in [0.717, 1.165) is 37.3 Å². The predicted molar refractivity (Wildman–Crippen MR) is 108 cm³/mol. The predicted octanol–water partition coefficient (Wildman–Crippen LogP) is 3.11. The Hall–Kier alpha value is -3.04. The van der Waals surface area contributed by atoms with Gasteiger partial charge in [-0.05, 0) is 31.6 Å². The van der Waals surface area contributed by atoms with Crippen LogP contribution in [0.4, 0.5) is 30.6 Å². The third-order valence-electron chi connectivity index (χ3n) is 6.25. The number of hydrogen-bond donors (Lipinski definition) is 1. The Kier molecular flexibility index (Phi) is 4.86. The van der Waals surface area contributed by atoms with Crippen molar-refractivity contribution in [2.45, 2.75) is 37.8 Å². The number of anilines is 3. The number of ether oxygens (including phenoxy) is 1. The summed E-state index contributed by atoms with van der Waals surface area (Å²) in [5.41, 5.74) is 0.713. The van der Waals surface area contributed by atoms with Crippen LogP contribution in [0.25, 0.3) is 0 Å². The van der Waals surface area contributed by atoms with E-state index in [1.165, 1.54) is 0 Å². The van der Waals surface area contributed by atoms with Crippen LogP contribution in [0.2, 0.25) is 0 Å². The number of carbonyl (C=O) groups is 1. The molecule has 1 N–H and O–H groups in total. The summed E-state index contributed by atoms with van der Waals surface area (Å²) in [6.07, 6.45) is 4.68. The lowest BCUT2D eigenvalue weighted by molar-refractivity contribution is -0.119. The average molecular weight is 433 g/mol. The van der Waals surface area contributed by atoms with Crippen molar-refractivity contribution < 1.29 is 22.7 Å². The lowest BCUT2D eigenvalue weighted by Crippen LogP contribution is -2.49. The van der Waals surface area contributed by atoms with Gasteiger partial charge in [0.15, 0.2) is 23.3 Å². The van der Waals surface area contributed by atoms with Gasteiger partial charge in [0.1, 0.15) is 17.5 Å². The molecule has 0 bridgehead atoms. The molecule has 0 spiro atoms. The van der Waals surface area contributed by atoms with Gasteiger partial charge in [-0.3, -0.25) is 4.79 Å². The van der Waals surface area contributed by atoms with E-state index in [1.807, 2.05) is 0 Å². The second-order valence-corrected chi connectivity index (χ2v) is 8.31. The highest BCUT2D eigenvalue weighted by molar-refractivity contribution is 6.04. The number of halogens is 3. The normalized spacial score (nSPS) is 24.5. The van der Waals surface area contributed by atoms with Gasteiger partial charge in [-0.25, -0.2) is 18.2 Å². The Balaban J connectivity index is 1.17. The summed E-state index contributed by atoms with van der Waals surface area (Å²) in [4.78, 5) is 25.1. The molecule has 1 saturated heterocycles. The van der Waals surface area contributed by atoms with Crippen LogP contribution in [-0.4, -0.2) is 48.2 Å². The third-order valence-corrected chi connectivity index (χ3v) is 6.25. The van der Waals surface area contributed by atoms with Gasteiger partial charge in [-0.15, -0.1) is 0 Å². The van der Waals surface area contributed by atoms with Gasteiger partial charge in [-0.2, -0.15) is 4.98 Å². The molecule has 164 valence electrons. The Morgan fingerprint density at radius 1 is 1.23 bits per heavy atom. The molecule has 1 aliphatic carbocycles. The topological polar surface area (TPSA) is 70.6 Å². The van der Waals surface area contributed by atoms with Gasteiger partial charge in [-0.1, -0.05) is 0 Å². The largest absolute Gasteiger partial charge is 0.490 e. The summed E-state index contributed by atoms with van der Waals surface area (Å²) in [6, 6.07) is 1.57. The highest BCUT2D eigenvalue weighted by Crippen LogP contribution is 2.38. The van der Waals surface area contributed by atoms with Crippen molar-refractivity contribution >= 4 is 23.4 Å². The van der Waals surface area contributed by atoms with E-state index in [9.17, 15) is 18.0 Å². The van der Waals surface area contributed by atoms with E-state index in [2.05, 4.69) is 20.2 Å². The smallest absolute Gasteiger partial charge is 0.249 e. The molecule has 7 nitrogen and oxygen atoms in total. The van der Waals surface area contributed by atoms with Gasteiger partial charge < -0.3 is 19.9 Å². The molecule has 1 aromatic carbocycles. The first kappa shape index (κ1) is 19.9. The van der Waals surface area contributed by atoms with Crippen LogP contribution in [0.5, 0.6) is 5.75 Å². The number of aromatic nitrogens is 2. The SMILES string of the molecule is CN1C(=O)[C@@H]2CCCN2c2nc(NCC3CC(Oc4cc(F)c(F)c(F)c4)C3)ncc21. The van der Waals surface area contributed by atoms with Crippen molar-refractivity contribution in [3.05, 3.63) is 35.8 Å². The van der Waals surface area contributed by atoms with E-state index in [0.29, 0.717) is 36.9 Å². The second kappa shape index (κ2) is 7.58. The van der Waals surface area contributed by atoms with Gasteiger partial charge in [0.05, 0.1) is 12.3 Å². The number of rotatable bonds is 5. The summed E-state index contributed by atoms with van der Waals surface area (Å²) >= 11 is 0. The first-order valence-electron chi connectivity index (χ1n) is 10.4. The minimum Gasteiger partial charge on any atom is -0.490 e. The highest BCUT2D eigenvalue weighted by atomic mass is 19.2. The number of nitrogens with one attached hydrogen (secondary N) is 1. The van der Waals surface area contributed by atoms with Crippen LogP contribution >= 0.6 is 0 Å². The Bertz CT molecular complexity index is 1010. The molecule has 1 saturated carbocycles. The van der Waals surface area contributed by atoms with Crippen molar-refractivity contribution in [1.82, 2.24) is 9.97 Å². The summed E-state index contributed by atoms with van der Waals surface area (Å²) < 4.78 is 45.2. The van der Waals surface area contributed by atoms with Gasteiger partial charge >= 0.3 is 0 Å². The van der Waals surface area contributed by atoms with Gasteiger partial charge in [0.2, 0.25) is 11.9 Å². The van der Waals surface area contributed by atoms with Crippen molar-refractivity contribution in [3.63, 3.8) is 0 Å². The maximum Gasteiger partial charge on any atom is 0.249 e. The van der Waals surface area contributed by atoms with Crippen molar-refractivity contribution in [1.29, 1.82) is 0 Å². The molecule has 3 aliphatic rings. The number of hydrogen-bond acceptors (Lipinski definition) is 6. The number of benzene rings is 1. The summed E-state index contributed by atoms with van der Waals surface area (Å²) in [5.74, 6) is -2.38. The highest BCUT2D eigenvalue weighted by Gasteiger charge is 2.40. The molecule has 1 atom stereocenters. The number of likely N-dealkylation sites (N-methyl/N-ethyl adjacent to an activating group) is 1. The molecule has 5 rings (SSSR count). The van der Waals surface area contributed by atoms with Crippen LogP contribution in [-0.2, 0) is 4.79 Å². The third kappa shape index (κ3) is 3.53. The van der Waals surface area contributed by atoms with Crippen molar-refractivity contribution in [2.24, 2.45) is 5.92 Å². The Morgan fingerprint density at radius 3 is 2.71 bits per heavy atom. The molecule has 31 heavy (non-hydrogen) atoms. The minimum absolute atomic E-state index is 0.00957. The molecule has 2 fully saturated rings. The van der Waals surface area contributed by atoms with Crippen LogP contribution in [0.15, 0.2) is 18.3 Å². The molecule has 3 heterocycles. The fourth-order valence-electron chi connectivity index (χ4n) is 4.48. The maximum atomic E-state index is 13.3. The average Bonchev–Trinajstić information content (AvgIpc) is 3.22. The van der Waals surface area contributed by atoms with Crippen LogP contribution in [0.3, 0.4) is 0 Å². The van der Waals surface area contributed by atoms with E-state index in [1.54, 1.807) is 18.1 Å². The number of carbonyl (C=O) groups excluding carboxylic acids is 1. The van der Waals surface area contributed by atoms with Gasteiger partial charge in [0.25, 0.3) is 0 Å². The molecule has 10 heteroatoms. The molecular formula is C21H22F3N5O2. The summed E-state index contributed by atoms with van der Waals surface area (Å²) in [5, 5.41) is 3.24. The monoisotopic (exact) mass is 433 g/mol. The number of amides is 1. The second-order valence-electron chi connectivity index (χ2n) is 8.31. The standard InChI is InChI=1S/C21H22F3N5O2/c1-28-17-10-26-21(27-19(17)29-4-2-3-16(29)20(28)30)25-9-11-5-12(6-11)31-13-7-14(22)18(24)15(23)8-13/h7-8,10-12,16H,2-6,9H2,1H3,(H,25,26,27)/t11?,12?,16-/m0/s1. The molecule has 0 radical (unpaired) electrons. The van der Waals surface area contributed by atoms with Crippen molar-refractivity contribution in [3.8, 4) is 5.75 Å². The van der Waals surface area contributed by atoms with Crippen LogP contribution in [0, 0.1) is 23.4 Å². The molecular weight excluding hydrogens is 411 g/mol. The molecule has 2 aromatic rings. The Morgan fingerprint density at radius 2 is 1.97 bits per heavy atom. The Labute approximate surface area is 177 Å². The van der Waals surface area contributed by atoms with E-state index < -0.39 is 17.5 Å². The van der Waals surface area contributed by atoms with Gasteiger partial charge in [0, 0.05) is 32.3 Å². The molecule has 0 unspecified atom stereocenters. The summed E-state index contributed by atoms with van der Waals surface area (Å²) in [7, 11) is 1.75. The van der Waals surface area contributed by atoms with E-state index in [-0.39, 0.29) is 23.8 Å². The maximum absolute atomic E-state index is 13.3. The number of fused-ring (bicyclic) bond motifs is 3. The number of nitrogens with zero attached hydrogens (tertiary/aromatic N) is 4. The fourth-order valence-corrected chi connectivity index (χ4v) is 4.48. The zero-order valence-corrected chi connectivity index (χ0v) is 16.9. The first-order chi connectivity index (χ1) is 14.9. The van der Waals surface area contributed by atoms with Crippen LogP contribution in [0.1, 0.15) is 25.7 Å². The fraction of sp³-hybridized carbons (Fsp3) is 0.476. The lowest BCUT2D eigenvalue weighted by atomic mass is 9.82. The quantitative estimate of drug-likeness (QED) is 0.731. The van der Waals surface area contributed by atoms with Crippen molar-refractivity contribution in [2.75, 3.05) is 35.3 Å². The molecule has 1 amide bonds. The zero-order chi connectivity index (χ0) is 21.7. The lowest BCUT2D eigenvalue weighted by Gasteiger charge is -2.37. The minimum atomic E-state index is -1.50. The van der Waals surface area contributed by atoms with Crippen LogP contribution < -0.4 is 19.9 Å². The summed E-state index contributed by atoms with van der Waals surface area (Å²) in [6.45, 7) is 1.43. The van der Waals surface area contributed by atoms with E-state index in [4.69, 9.17) is 4.74 Å². The first-order valence-corrected chi connectivity index (χ1v) is 10.4. The molecule has 1 aromatic heterocycles.